The predicted molar refractivity (Wildman–Crippen MR) is 88.5 cm³/mol. The highest BCUT2D eigenvalue weighted by atomic mass is 32.2. The molecule has 2 rings (SSSR count). The van der Waals surface area contributed by atoms with Crippen molar-refractivity contribution in [3.63, 3.8) is 0 Å². The maximum atomic E-state index is 12.7. The monoisotopic (exact) mass is 355 g/mol. The van der Waals surface area contributed by atoms with Gasteiger partial charge >= 0.3 is 6.18 Å². The number of halogens is 3. The molecule has 2 aromatic carbocycles. The predicted octanol–water partition coefficient (Wildman–Crippen LogP) is 4.75. The molecule has 0 aliphatic rings. The van der Waals surface area contributed by atoms with Crippen molar-refractivity contribution >= 4 is 23.4 Å². The minimum absolute atomic E-state index is 0.0766. The molecule has 0 atom stereocenters. The second-order valence-corrected chi connectivity index (χ2v) is 5.84. The number of benzene rings is 2. The van der Waals surface area contributed by atoms with Gasteiger partial charge in [0.1, 0.15) is 5.75 Å². The Hall–Kier alpha value is -2.15. The van der Waals surface area contributed by atoms with Crippen LogP contribution < -0.4 is 10.1 Å². The number of carbonyl (C=O) groups is 1. The summed E-state index contributed by atoms with van der Waals surface area (Å²) in [6.07, 6.45) is -2.55. The van der Waals surface area contributed by atoms with Crippen LogP contribution in [-0.2, 0) is 11.0 Å². The van der Waals surface area contributed by atoms with Gasteiger partial charge in [-0.2, -0.15) is 13.2 Å². The van der Waals surface area contributed by atoms with Crippen LogP contribution in [0.2, 0.25) is 0 Å². The average Bonchev–Trinajstić information content (AvgIpc) is 2.52. The number of hydrogen-bond donors (Lipinski definition) is 1. The number of thioether (sulfide) groups is 1. The van der Waals surface area contributed by atoms with Gasteiger partial charge in [-0.15, -0.1) is 11.8 Å². The zero-order chi connectivity index (χ0) is 17.7. The van der Waals surface area contributed by atoms with Crippen LogP contribution in [-0.4, -0.2) is 18.8 Å². The third-order valence-corrected chi connectivity index (χ3v) is 4.14. The van der Waals surface area contributed by atoms with Gasteiger partial charge in [0, 0.05) is 5.69 Å². The van der Waals surface area contributed by atoms with E-state index in [0.29, 0.717) is 5.75 Å². The summed E-state index contributed by atoms with van der Waals surface area (Å²) in [5.74, 6) is 0.0459. The quantitative estimate of drug-likeness (QED) is 0.787. The lowest BCUT2D eigenvalue weighted by Crippen LogP contribution is -2.20. The number of hydrogen-bond acceptors (Lipinski definition) is 3. The van der Waals surface area contributed by atoms with Gasteiger partial charge in [-0.25, -0.2) is 0 Å². The molecule has 1 N–H and O–H groups in total. The highest BCUT2D eigenvalue weighted by Gasteiger charge is 2.30. The Morgan fingerprint density at radius 1 is 1.21 bits per heavy atom. The maximum absolute atomic E-state index is 12.7. The zero-order valence-corrected chi connectivity index (χ0v) is 13.9. The van der Waals surface area contributed by atoms with Crippen molar-refractivity contribution in [2.24, 2.45) is 0 Å². The van der Waals surface area contributed by atoms with E-state index in [1.165, 1.54) is 23.9 Å². The number of aryl methyl sites for hydroxylation is 1. The average molecular weight is 355 g/mol. The molecule has 0 spiro atoms. The molecule has 0 unspecified atom stereocenters. The standard InChI is InChI=1S/C17H16F3NO2S/c1-11-5-3-8-14(16(11)24-2)23-10-15(22)21-13-7-4-6-12(9-13)17(18,19)20/h3-9H,10H2,1-2H3,(H,21,22). The zero-order valence-electron chi connectivity index (χ0n) is 13.1. The molecule has 0 saturated heterocycles. The Labute approximate surface area is 142 Å². The first-order valence-corrected chi connectivity index (χ1v) is 8.27. The van der Waals surface area contributed by atoms with Crippen molar-refractivity contribution in [1.82, 2.24) is 0 Å². The van der Waals surface area contributed by atoms with Gasteiger partial charge in [-0.1, -0.05) is 18.2 Å². The van der Waals surface area contributed by atoms with E-state index in [9.17, 15) is 18.0 Å². The lowest BCUT2D eigenvalue weighted by atomic mass is 10.2. The normalized spacial score (nSPS) is 11.2. The number of anilines is 1. The Kier molecular flexibility index (Phi) is 5.77. The van der Waals surface area contributed by atoms with Crippen LogP contribution in [0.3, 0.4) is 0 Å². The van der Waals surface area contributed by atoms with Crippen LogP contribution in [0.1, 0.15) is 11.1 Å². The van der Waals surface area contributed by atoms with Gasteiger partial charge in [-0.3, -0.25) is 4.79 Å². The summed E-state index contributed by atoms with van der Waals surface area (Å²) in [6, 6.07) is 9.97. The number of alkyl halides is 3. The van der Waals surface area contributed by atoms with E-state index < -0.39 is 17.6 Å². The molecule has 0 bridgehead atoms. The second kappa shape index (κ2) is 7.61. The van der Waals surface area contributed by atoms with Crippen molar-refractivity contribution in [3.8, 4) is 5.75 Å². The molecule has 1 amide bonds. The molecule has 0 aliphatic heterocycles. The van der Waals surface area contributed by atoms with E-state index in [4.69, 9.17) is 4.74 Å². The van der Waals surface area contributed by atoms with Crippen molar-refractivity contribution in [3.05, 3.63) is 53.6 Å². The van der Waals surface area contributed by atoms with Gasteiger partial charge < -0.3 is 10.1 Å². The first-order valence-electron chi connectivity index (χ1n) is 7.05. The van der Waals surface area contributed by atoms with E-state index in [2.05, 4.69) is 5.32 Å². The first-order chi connectivity index (χ1) is 11.3. The summed E-state index contributed by atoms with van der Waals surface area (Å²) in [6.45, 7) is 1.65. The van der Waals surface area contributed by atoms with Crippen LogP contribution in [0.4, 0.5) is 18.9 Å². The summed E-state index contributed by atoms with van der Waals surface area (Å²) in [5.41, 5.74) is 0.288. The molecule has 2 aromatic rings. The molecule has 7 heteroatoms. The molecule has 0 saturated carbocycles. The van der Waals surface area contributed by atoms with Gasteiger partial charge in [0.2, 0.25) is 0 Å². The number of amides is 1. The van der Waals surface area contributed by atoms with E-state index in [1.807, 2.05) is 25.3 Å². The Bertz CT molecular complexity index is 732. The minimum Gasteiger partial charge on any atom is -0.483 e. The third-order valence-electron chi connectivity index (χ3n) is 3.21. The molecule has 128 valence electrons. The Balaban J connectivity index is 2.01. The van der Waals surface area contributed by atoms with Gasteiger partial charge in [-0.05, 0) is 43.0 Å². The van der Waals surface area contributed by atoms with E-state index >= 15 is 0 Å². The maximum Gasteiger partial charge on any atom is 0.416 e. The third kappa shape index (κ3) is 4.67. The number of ether oxygens (including phenoxy) is 1. The minimum atomic E-state index is -4.45. The topological polar surface area (TPSA) is 38.3 Å². The van der Waals surface area contributed by atoms with E-state index in [1.54, 1.807) is 6.07 Å². The Morgan fingerprint density at radius 2 is 1.92 bits per heavy atom. The molecule has 0 aliphatic carbocycles. The highest BCUT2D eigenvalue weighted by molar-refractivity contribution is 7.98. The van der Waals surface area contributed by atoms with Crippen molar-refractivity contribution in [2.45, 2.75) is 18.0 Å². The second-order valence-electron chi connectivity index (χ2n) is 5.02. The SMILES string of the molecule is CSc1c(C)cccc1OCC(=O)Nc1cccc(C(F)(F)F)c1. The summed E-state index contributed by atoms with van der Waals surface area (Å²) in [7, 11) is 0. The summed E-state index contributed by atoms with van der Waals surface area (Å²) < 4.78 is 43.5. The van der Waals surface area contributed by atoms with Gasteiger partial charge in [0.15, 0.2) is 6.61 Å². The molecule has 0 heterocycles. The number of nitrogens with one attached hydrogen (secondary N) is 1. The number of rotatable bonds is 5. The molecule has 0 fully saturated rings. The summed E-state index contributed by atoms with van der Waals surface area (Å²) in [4.78, 5) is 12.8. The summed E-state index contributed by atoms with van der Waals surface area (Å²) in [5, 5.41) is 2.41. The first kappa shape index (κ1) is 18.2. The lowest BCUT2D eigenvalue weighted by Gasteiger charge is -2.13. The van der Waals surface area contributed by atoms with Gasteiger partial charge in [0.05, 0.1) is 10.5 Å². The fraction of sp³-hybridized carbons (Fsp3) is 0.235. The van der Waals surface area contributed by atoms with Gasteiger partial charge in [0.25, 0.3) is 5.91 Å². The summed E-state index contributed by atoms with van der Waals surface area (Å²) >= 11 is 1.50. The van der Waals surface area contributed by atoms with Crippen LogP contribution in [0, 0.1) is 6.92 Å². The van der Waals surface area contributed by atoms with Crippen molar-refractivity contribution in [2.75, 3.05) is 18.2 Å². The molecule has 3 nitrogen and oxygen atoms in total. The molecule has 0 aromatic heterocycles. The van der Waals surface area contributed by atoms with Crippen molar-refractivity contribution < 1.29 is 22.7 Å². The van der Waals surface area contributed by atoms with E-state index in [0.717, 1.165) is 22.6 Å². The Morgan fingerprint density at radius 3 is 2.58 bits per heavy atom. The van der Waals surface area contributed by atoms with E-state index in [-0.39, 0.29) is 12.3 Å². The molecule has 0 radical (unpaired) electrons. The highest BCUT2D eigenvalue weighted by Crippen LogP contribution is 2.31. The van der Waals surface area contributed by atoms with Crippen LogP contribution in [0.15, 0.2) is 47.4 Å². The molecule has 24 heavy (non-hydrogen) atoms. The van der Waals surface area contributed by atoms with Crippen LogP contribution in [0.5, 0.6) is 5.75 Å². The number of carbonyl (C=O) groups excluding carboxylic acids is 1. The van der Waals surface area contributed by atoms with Crippen molar-refractivity contribution in [1.29, 1.82) is 0 Å². The molecular weight excluding hydrogens is 339 g/mol. The fourth-order valence-electron chi connectivity index (χ4n) is 2.11. The van der Waals surface area contributed by atoms with Crippen LogP contribution in [0.25, 0.3) is 0 Å². The smallest absolute Gasteiger partial charge is 0.416 e. The largest absolute Gasteiger partial charge is 0.483 e. The molecular formula is C17H16F3NO2S. The fourth-order valence-corrected chi connectivity index (χ4v) is 2.83. The van der Waals surface area contributed by atoms with Crippen LogP contribution >= 0.6 is 11.8 Å². The lowest BCUT2D eigenvalue weighted by molar-refractivity contribution is -0.137.